The fraction of sp³-hybridized carbons (Fsp3) is 0.792. The highest BCUT2D eigenvalue weighted by Crippen LogP contribution is 2.62. The molecule has 0 heterocycles. The van der Waals surface area contributed by atoms with E-state index >= 15 is 0 Å². The van der Waals surface area contributed by atoms with Gasteiger partial charge in [0.1, 0.15) is 0 Å². The van der Waals surface area contributed by atoms with Crippen LogP contribution in [0.25, 0.3) is 0 Å². The number of esters is 1. The summed E-state index contributed by atoms with van der Waals surface area (Å²) in [6.45, 7) is 12.0. The second-order valence-corrected chi connectivity index (χ2v) is 9.72. The normalized spacial score (nSPS) is 36.7. The summed E-state index contributed by atoms with van der Waals surface area (Å²) in [4.78, 5) is 13.0. The Morgan fingerprint density at radius 3 is 2.77 bits per heavy atom. The Labute approximate surface area is 160 Å². The van der Waals surface area contributed by atoms with E-state index in [0.717, 1.165) is 32.1 Å². The van der Waals surface area contributed by atoms with Crippen LogP contribution in [-0.4, -0.2) is 12.6 Å². The molecule has 0 aromatic heterocycles. The molecule has 0 bridgehead atoms. The predicted molar refractivity (Wildman–Crippen MR) is 108 cm³/mol. The molecule has 0 saturated heterocycles. The number of hydrogen-bond donors (Lipinski definition) is 0. The van der Waals surface area contributed by atoms with Crippen molar-refractivity contribution < 1.29 is 9.53 Å². The highest BCUT2D eigenvalue weighted by Gasteiger charge is 2.57. The first-order valence-corrected chi connectivity index (χ1v) is 10.9. The van der Waals surface area contributed by atoms with Crippen molar-refractivity contribution in [1.82, 2.24) is 0 Å². The van der Waals surface area contributed by atoms with Crippen molar-refractivity contribution in [2.24, 2.45) is 28.6 Å². The minimum atomic E-state index is -0.315. The van der Waals surface area contributed by atoms with Crippen LogP contribution in [0.15, 0.2) is 23.3 Å². The summed E-state index contributed by atoms with van der Waals surface area (Å²) < 4.78 is 5.73. The molecule has 0 aliphatic heterocycles. The van der Waals surface area contributed by atoms with Crippen LogP contribution in [0, 0.1) is 28.6 Å². The van der Waals surface area contributed by atoms with Crippen molar-refractivity contribution in [3.8, 4) is 0 Å². The van der Waals surface area contributed by atoms with E-state index < -0.39 is 0 Å². The van der Waals surface area contributed by atoms with Crippen LogP contribution in [0.2, 0.25) is 0 Å². The van der Waals surface area contributed by atoms with Gasteiger partial charge in [0.15, 0.2) is 0 Å². The number of hydrogen-bond acceptors (Lipinski definition) is 2. The second-order valence-electron chi connectivity index (χ2n) is 9.72. The Morgan fingerprint density at radius 1 is 1.31 bits per heavy atom. The maximum Gasteiger partial charge on any atom is 0.312 e. The molecule has 146 valence electrons. The van der Waals surface area contributed by atoms with E-state index in [1.807, 2.05) is 0 Å². The van der Waals surface area contributed by atoms with Crippen molar-refractivity contribution >= 4 is 5.97 Å². The van der Waals surface area contributed by atoms with E-state index in [2.05, 4.69) is 46.8 Å². The molecule has 3 rings (SSSR count). The topological polar surface area (TPSA) is 26.3 Å². The molecule has 1 fully saturated rings. The van der Waals surface area contributed by atoms with Gasteiger partial charge >= 0.3 is 5.97 Å². The molecule has 1 saturated carbocycles. The Morgan fingerprint density at radius 2 is 2.08 bits per heavy atom. The van der Waals surface area contributed by atoms with Gasteiger partial charge in [0.25, 0.3) is 0 Å². The van der Waals surface area contributed by atoms with Crippen molar-refractivity contribution in [2.45, 2.75) is 86.0 Å². The Kier molecular flexibility index (Phi) is 5.70. The van der Waals surface area contributed by atoms with Gasteiger partial charge in [-0.2, -0.15) is 0 Å². The van der Waals surface area contributed by atoms with Gasteiger partial charge in [-0.1, -0.05) is 58.3 Å². The molecule has 26 heavy (non-hydrogen) atoms. The largest absolute Gasteiger partial charge is 0.465 e. The fourth-order valence-corrected chi connectivity index (χ4v) is 6.06. The zero-order valence-electron chi connectivity index (χ0n) is 17.6. The minimum absolute atomic E-state index is 0.0629. The number of ether oxygens (including phenoxy) is 1. The van der Waals surface area contributed by atoms with E-state index in [9.17, 15) is 4.79 Å². The smallest absolute Gasteiger partial charge is 0.312 e. The van der Waals surface area contributed by atoms with Gasteiger partial charge in [0.2, 0.25) is 0 Å². The lowest BCUT2D eigenvalue weighted by molar-refractivity contribution is -0.169. The van der Waals surface area contributed by atoms with Gasteiger partial charge in [-0.15, -0.1) is 0 Å². The van der Waals surface area contributed by atoms with Gasteiger partial charge in [-0.25, -0.2) is 0 Å². The maximum atomic E-state index is 13.0. The average molecular weight is 359 g/mol. The lowest BCUT2D eigenvalue weighted by Crippen LogP contribution is -2.53. The minimum Gasteiger partial charge on any atom is -0.465 e. The Hall–Kier alpha value is -1.05. The number of allylic oxidation sites excluding steroid dienone is 4. The molecule has 0 radical (unpaired) electrons. The number of fused-ring (bicyclic) bond motifs is 3. The summed E-state index contributed by atoms with van der Waals surface area (Å²) in [5, 5.41) is 0. The maximum absolute atomic E-state index is 13.0. The van der Waals surface area contributed by atoms with Crippen molar-refractivity contribution in [3.05, 3.63) is 23.3 Å². The van der Waals surface area contributed by atoms with Crippen LogP contribution in [0.4, 0.5) is 0 Å². The zero-order chi connectivity index (χ0) is 18.9. The lowest BCUT2D eigenvalue weighted by atomic mass is 9.47. The molecule has 0 spiro atoms. The summed E-state index contributed by atoms with van der Waals surface area (Å²) in [7, 11) is 0. The zero-order valence-corrected chi connectivity index (χ0v) is 17.6. The summed E-state index contributed by atoms with van der Waals surface area (Å²) in [6.07, 6.45) is 13.9. The third-order valence-corrected chi connectivity index (χ3v) is 7.78. The summed E-state index contributed by atoms with van der Waals surface area (Å²) in [5.74, 6) is 1.74. The predicted octanol–water partition coefficient (Wildman–Crippen LogP) is 6.46. The van der Waals surface area contributed by atoms with Crippen LogP contribution in [0.5, 0.6) is 0 Å². The van der Waals surface area contributed by atoms with Crippen LogP contribution < -0.4 is 0 Å². The molecular weight excluding hydrogens is 320 g/mol. The Bertz CT molecular complexity index is 599. The third kappa shape index (κ3) is 3.29. The van der Waals surface area contributed by atoms with Gasteiger partial charge < -0.3 is 4.74 Å². The molecule has 0 aromatic carbocycles. The first kappa shape index (κ1) is 19.7. The second kappa shape index (κ2) is 7.52. The SMILES string of the molecule is CCCCOC(=O)[C@]1(C)CCC[C@@]2(C)C1CC=C1C=C(C(C)C)CC[C@@H]12. The van der Waals surface area contributed by atoms with Crippen molar-refractivity contribution in [2.75, 3.05) is 6.61 Å². The van der Waals surface area contributed by atoms with Crippen molar-refractivity contribution in [1.29, 1.82) is 0 Å². The van der Waals surface area contributed by atoms with Gasteiger partial charge in [-0.3, -0.25) is 4.79 Å². The highest BCUT2D eigenvalue weighted by molar-refractivity contribution is 5.77. The molecule has 0 amide bonds. The van der Waals surface area contributed by atoms with E-state index in [4.69, 9.17) is 4.74 Å². The van der Waals surface area contributed by atoms with Gasteiger partial charge in [0, 0.05) is 0 Å². The molecule has 2 heteroatoms. The number of rotatable bonds is 5. The fourth-order valence-electron chi connectivity index (χ4n) is 6.06. The van der Waals surface area contributed by atoms with E-state index in [1.54, 1.807) is 11.1 Å². The standard InChI is InChI=1S/C24H38O2/c1-6-7-15-26-22(25)24(5)14-8-13-23(4)20-11-9-18(17(2)3)16-19(20)10-12-21(23)24/h10,16-17,20-21H,6-9,11-15H2,1-5H3/t20-,21?,23+,24+/m0/s1. The van der Waals surface area contributed by atoms with Crippen LogP contribution in [-0.2, 0) is 9.53 Å². The summed E-state index contributed by atoms with van der Waals surface area (Å²) >= 11 is 0. The van der Waals surface area contributed by atoms with Gasteiger partial charge in [0.05, 0.1) is 12.0 Å². The monoisotopic (exact) mass is 358 g/mol. The molecule has 0 N–H and O–H groups in total. The molecular formula is C24H38O2. The molecule has 3 aliphatic rings. The van der Waals surface area contributed by atoms with Crippen LogP contribution in [0.3, 0.4) is 0 Å². The molecule has 0 aromatic rings. The molecule has 2 nitrogen and oxygen atoms in total. The van der Waals surface area contributed by atoms with Crippen LogP contribution >= 0.6 is 0 Å². The third-order valence-electron chi connectivity index (χ3n) is 7.78. The lowest BCUT2D eigenvalue weighted by Gasteiger charge is -2.57. The van der Waals surface area contributed by atoms with E-state index in [0.29, 0.717) is 24.4 Å². The van der Waals surface area contributed by atoms with Gasteiger partial charge in [-0.05, 0) is 74.2 Å². The summed E-state index contributed by atoms with van der Waals surface area (Å²) in [6, 6.07) is 0. The average Bonchev–Trinajstić information content (AvgIpc) is 2.61. The van der Waals surface area contributed by atoms with Crippen molar-refractivity contribution in [3.63, 3.8) is 0 Å². The highest BCUT2D eigenvalue weighted by atomic mass is 16.5. The molecule has 1 unspecified atom stereocenters. The molecule has 3 aliphatic carbocycles. The summed E-state index contributed by atoms with van der Waals surface area (Å²) in [5.41, 5.74) is 3.08. The van der Waals surface area contributed by atoms with Crippen LogP contribution in [0.1, 0.15) is 86.0 Å². The van der Waals surface area contributed by atoms with E-state index in [-0.39, 0.29) is 16.8 Å². The first-order chi connectivity index (χ1) is 12.3. The van der Waals surface area contributed by atoms with E-state index in [1.165, 1.54) is 19.3 Å². The number of carbonyl (C=O) groups is 1. The quantitative estimate of drug-likeness (QED) is 0.416. The first-order valence-electron chi connectivity index (χ1n) is 10.9. The molecule has 4 atom stereocenters. The number of unbranched alkanes of at least 4 members (excludes halogenated alkanes) is 1. The number of carbonyl (C=O) groups excluding carboxylic acids is 1. The Balaban J connectivity index is 1.87.